The highest BCUT2D eigenvalue weighted by molar-refractivity contribution is 5.74. The van der Waals surface area contributed by atoms with Gasteiger partial charge in [0.05, 0.1) is 18.4 Å². The minimum absolute atomic E-state index is 0.0143. The topological polar surface area (TPSA) is 131 Å². The lowest BCUT2D eigenvalue weighted by Crippen LogP contribution is -2.08. The second kappa shape index (κ2) is 6.28. The van der Waals surface area contributed by atoms with Crippen LogP contribution in [0.2, 0.25) is 0 Å². The van der Waals surface area contributed by atoms with Gasteiger partial charge in [0.25, 0.3) is 0 Å². The van der Waals surface area contributed by atoms with Gasteiger partial charge in [0, 0.05) is 11.1 Å². The van der Waals surface area contributed by atoms with Gasteiger partial charge in [-0.2, -0.15) is 10.2 Å². The van der Waals surface area contributed by atoms with Crippen LogP contribution < -0.4 is 16.2 Å². The zero-order valence-corrected chi connectivity index (χ0v) is 12.4. The van der Waals surface area contributed by atoms with Gasteiger partial charge in [0.1, 0.15) is 23.2 Å². The normalized spacial score (nSPS) is 10.5. The van der Waals surface area contributed by atoms with Gasteiger partial charge in [-0.05, 0) is 32.0 Å². The summed E-state index contributed by atoms with van der Waals surface area (Å²) in [7, 11) is 0. The number of aliphatic hydroxyl groups is 1. The first-order valence-electron chi connectivity index (χ1n) is 6.70. The van der Waals surface area contributed by atoms with E-state index in [1.54, 1.807) is 18.2 Å². The molecule has 1 heterocycles. The van der Waals surface area contributed by atoms with Gasteiger partial charge in [0.15, 0.2) is 0 Å². The van der Waals surface area contributed by atoms with E-state index in [2.05, 4.69) is 9.97 Å². The minimum Gasteiger partial charge on any atom is -0.491 e. The highest BCUT2D eigenvalue weighted by Gasteiger charge is 2.15. The number of nitriles is 1. The summed E-state index contributed by atoms with van der Waals surface area (Å²) >= 11 is 0. The van der Waals surface area contributed by atoms with E-state index >= 15 is 0 Å². The van der Waals surface area contributed by atoms with E-state index in [1.807, 2.05) is 19.9 Å². The molecule has 0 aliphatic heterocycles. The minimum atomic E-state index is -0.201. The molecule has 22 heavy (non-hydrogen) atoms. The zero-order valence-electron chi connectivity index (χ0n) is 12.4. The molecule has 7 heteroatoms. The third kappa shape index (κ3) is 3.07. The molecule has 0 amide bonds. The Labute approximate surface area is 128 Å². The summed E-state index contributed by atoms with van der Waals surface area (Å²) in [4.78, 5) is 7.86. The van der Waals surface area contributed by atoms with Crippen molar-refractivity contribution in [3.8, 4) is 23.1 Å². The Morgan fingerprint density at radius 1 is 1.32 bits per heavy atom. The first kappa shape index (κ1) is 15.5. The number of hydrogen-bond acceptors (Lipinski definition) is 7. The molecule has 5 N–H and O–H groups in total. The van der Waals surface area contributed by atoms with Gasteiger partial charge in [-0.1, -0.05) is 0 Å². The summed E-state index contributed by atoms with van der Waals surface area (Å²) in [5, 5.41) is 18.7. The molecule has 0 aliphatic rings. The third-order valence-electron chi connectivity index (χ3n) is 2.93. The summed E-state index contributed by atoms with van der Waals surface area (Å²) in [6, 6.07) is 7.12. The molecular formula is C15H17N5O2. The second-order valence-corrected chi connectivity index (χ2v) is 4.95. The molecule has 0 spiro atoms. The lowest BCUT2D eigenvalue weighted by molar-refractivity contribution is 0.225. The van der Waals surface area contributed by atoms with Gasteiger partial charge in [-0.25, -0.2) is 4.98 Å². The van der Waals surface area contributed by atoms with Crippen molar-refractivity contribution in [2.24, 2.45) is 0 Å². The number of rotatable bonds is 4. The fraction of sp³-hybridized carbons (Fsp3) is 0.267. The van der Waals surface area contributed by atoms with Crippen molar-refractivity contribution >= 4 is 11.8 Å². The zero-order chi connectivity index (χ0) is 16.3. The Morgan fingerprint density at radius 2 is 2.05 bits per heavy atom. The van der Waals surface area contributed by atoms with Crippen LogP contribution in [-0.2, 0) is 6.61 Å². The molecule has 0 saturated heterocycles. The maximum absolute atomic E-state index is 9.51. The lowest BCUT2D eigenvalue weighted by atomic mass is 10.0. The summed E-state index contributed by atoms with van der Waals surface area (Å²) in [6.45, 7) is 3.59. The highest BCUT2D eigenvalue weighted by atomic mass is 16.5. The molecule has 1 aromatic carbocycles. The lowest BCUT2D eigenvalue weighted by Gasteiger charge is -2.15. The molecule has 0 saturated carbocycles. The maximum Gasteiger partial charge on any atom is 0.222 e. The van der Waals surface area contributed by atoms with Crippen LogP contribution >= 0.6 is 0 Å². The van der Waals surface area contributed by atoms with Crippen molar-refractivity contribution in [2.45, 2.75) is 26.6 Å². The van der Waals surface area contributed by atoms with Crippen LogP contribution in [0.4, 0.5) is 11.8 Å². The van der Waals surface area contributed by atoms with Crippen molar-refractivity contribution in [3.63, 3.8) is 0 Å². The number of anilines is 2. The Bertz CT molecular complexity index is 737. The molecule has 0 atom stereocenters. The number of nitrogens with two attached hydrogens (primary N) is 2. The quantitative estimate of drug-likeness (QED) is 0.778. The number of hydrogen-bond donors (Lipinski definition) is 3. The van der Waals surface area contributed by atoms with Crippen LogP contribution in [0.5, 0.6) is 5.75 Å². The molecule has 0 bridgehead atoms. The number of ether oxygens (including phenoxy) is 1. The Hall–Kier alpha value is -2.85. The number of nitrogens with zero attached hydrogens (tertiary/aromatic N) is 3. The number of aliphatic hydroxyl groups excluding tert-OH is 1. The molecule has 114 valence electrons. The molecule has 2 aromatic rings. The smallest absolute Gasteiger partial charge is 0.222 e. The summed E-state index contributed by atoms with van der Waals surface area (Å²) in [5.74, 6) is 0.590. The molecule has 0 aliphatic carbocycles. The third-order valence-corrected chi connectivity index (χ3v) is 2.93. The Kier molecular flexibility index (Phi) is 4.44. The fourth-order valence-electron chi connectivity index (χ4n) is 2.03. The molecular weight excluding hydrogens is 282 g/mol. The second-order valence-electron chi connectivity index (χ2n) is 4.95. The molecule has 1 aromatic heterocycles. The van der Waals surface area contributed by atoms with E-state index in [0.717, 1.165) is 0 Å². The van der Waals surface area contributed by atoms with Gasteiger partial charge in [-0.15, -0.1) is 0 Å². The van der Waals surface area contributed by atoms with Crippen molar-refractivity contribution in [2.75, 3.05) is 11.5 Å². The van der Waals surface area contributed by atoms with Crippen LogP contribution in [0.25, 0.3) is 11.3 Å². The van der Waals surface area contributed by atoms with Crippen LogP contribution in [0.1, 0.15) is 25.0 Å². The van der Waals surface area contributed by atoms with Crippen LogP contribution in [0.15, 0.2) is 18.2 Å². The summed E-state index contributed by atoms with van der Waals surface area (Å²) < 4.78 is 5.62. The Morgan fingerprint density at radius 3 is 2.64 bits per heavy atom. The van der Waals surface area contributed by atoms with E-state index in [4.69, 9.17) is 16.2 Å². The predicted molar refractivity (Wildman–Crippen MR) is 82.7 cm³/mol. The van der Waals surface area contributed by atoms with E-state index in [-0.39, 0.29) is 30.0 Å². The van der Waals surface area contributed by atoms with Gasteiger partial charge >= 0.3 is 0 Å². The first-order valence-corrected chi connectivity index (χ1v) is 6.70. The van der Waals surface area contributed by atoms with E-state index in [1.165, 1.54) is 0 Å². The molecule has 0 radical (unpaired) electrons. The number of benzene rings is 1. The molecule has 7 nitrogen and oxygen atoms in total. The van der Waals surface area contributed by atoms with Crippen molar-refractivity contribution in [1.82, 2.24) is 9.97 Å². The largest absolute Gasteiger partial charge is 0.491 e. The fourth-order valence-corrected chi connectivity index (χ4v) is 2.03. The number of aromatic nitrogens is 2. The van der Waals surface area contributed by atoms with Gasteiger partial charge in [-0.3, -0.25) is 0 Å². The van der Waals surface area contributed by atoms with Crippen molar-refractivity contribution in [1.29, 1.82) is 5.26 Å². The number of nitrogen functional groups attached to an aromatic ring is 2. The molecule has 0 fully saturated rings. The van der Waals surface area contributed by atoms with Crippen molar-refractivity contribution < 1.29 is 9.84 Å². The summed E-state index contributed by atoms with van der Waals surface area (Å²) in [5.41, 5.74) is 13.0. The van der Waals surface area contributed by atoms with Crippen LogP contribution in [0.3, 0.4) is 0 Å². The van der Waals surface area contributed by atoms with Crippen molar-refractivity contribution in [3.05, 3.63) is 29.3 Å². The van der Waals surface area contributed by atoms with E-state index < -0.39 is 0 Å². The monoisotopic (exact) mass is 299 g/mol. The standard InChI is InChI=1S/C15H17N5O2/c1-8(2)22-12-4-3-9(5-10(12)7-21)13-11(6-16)14(17)20-15(18)19-13/h3-5,8,21H,7H2,1-2H3,(H4,17,18,19,20). The van der Waals surface area contributed by atoms with Gasteiger partial charge in [0.2, 0.25) is 5.95 Å². The van der Waals surface area contributed by atoms with Crippen LogP contribution in [-0.4, -0.2) is 21.2 Å². The predicted octanol–water partition coefficient (Wildman–Crippen LogP) is 1.46. The maximum atomic E-state index is 9.51. The van der Waals surface area contributed by atoms with Crippen LogP contribution in [0, 0.1) is 11.3 Å². The first-order chi connectivity index (χ1) is 10.5. The highest BCUT2D eigenvalue weighted by Crippen LogP contribution is 2.30. The Balaban J connectivity index is 2.57. The molecule has 2 rings (SSSR count). The summed E-state index contributed by atoms with van der Waals surface area (Å²) in [6.07, 6.45) is -0.0174. The average Bonchev–Trinajstić information content (AvgIpc) is 2.46. The van der Waals surface area contributed by atoms with E-state index in [0.29, 0.717) is 22.6 Å². The SMILES string of the molecule is CC(C)Oc1ccc(-c2nc(N)nc(N)c2C#N)cc1CO. The van der Waals surface area contributed by atoms with Gasteiger partial charge < -0.3 is 21.3 Å². The molecule has 0 unspecified atom stereocenters. The van der Waals surface area contributed by atoms with E-state index in [9.17, 15) is 10.4 Å². The average molecular weight is 299 g/mol.